The van der Waals surface area contributed by atoms with E-state index in [1.54, 1.807) is 0 Å². The summed E-state index contributed by atoms with van der Waals surface area (Å²) in [7, 11) is 2.27. The summed E-state index contributed by atoms with van der Waals surface area (Å²) in [5.41, 5.74) is 0. The topological polar surface area (TPSA) is 77.8 Å². The Balaban J connectivity index is 3.76. The average molecular weight is 179 g/mol. The molecule has 0 spiro atoms. The average Bonchev–Trinajstić information content (AvgIpc) is 1.84. The zero-order valence-electron chi connectivity index (χ0n) is 5.86. The molecule has 0 aliphatic heterocycles. The Labute approximate surface area is 66.2 Å². The van der Waals surface area contributed by atoms with Crippen LogP contribution in [0.15, 0.2) is 0 Å². The molecular formula is C5H10NO4P. The highest BCUT2D eigenvalue weighted by molar-refractivity contribution is 7.16. The lowest BCUT2D eigenvalue weighted by Crippen LogP contribution is -2.33. The molecule has 0 aliphatic rings. The summed E-state index contributed by atoms with van der Waals surface area (Å²) in [5.74, 6) is -2.04. The van der Waals surface area contributed by atoms with Gasteiger partial charge in [0.25, 0.3) is 0 Å². The molecular weight excluding hydrogens is 169 g/mol. The van der Waals surface area contributed by atoms with Crippen molar-refractivity contribution in [2.24, 2.45) is 0 Å². The van der Waals surface area contributed by atoms with E-state index >= 15 is 0 Å². The van der Waals surface area contributed by atoms with Crippen molar-refractivity contribution >= 4 is 21.2 Å². The highest BCUT2D eigenvalue weighted by Gasteiger charge is 2.10. The van der Waals surface area contributed by atoms with Crippen LogP contribution in [0.2, 0.25) is 0 Å². The Morgan fingerprint density at radius 2 is 1.55 bits per heavy atom. The molecule has 64 valence electrons. The Kier molecular flexibility index (Phi) is 4.74. The van der Waals surface area contributed by atoms with Gasteiger partial charge in [-0.1, -0.05) is 0 Å². The first-order chi connectivity index (χ1) is 5.06. The molecule has 0 rings (SSSR count). The second-order valence-corrected chi connectivity index (χ2v) is 2.32. The molecule has 6 heteroatoms. The van der Waals surface area contributed by atoms with Gasteiger partial charge in [-0.3, -0.25) is 14.5 Å². The van der Waals surface area contributed by atoms with Gasteiger partial charge in [0.1, 0.15) is 0 Å². The molecule has 0 aliphatic carbocycles. The van der Waals surface area contributed by atoms with Gasteiger partial charge in [0, 0.05) is 6.29 Å². The van der Waals surface area contributed by atoms with Crippen LogP contribution in [-0.2, 0) is 9.59 Å². The zero-order chi connectivity index (χ0) is 8.85. The summed E-state index contributed by atoms with van der Waals surface area (Å²) in [4.78, 5) is 21.5. The van der Waals surface area contributed by atoms with Crippen LogP contribution in [-0.4, -0.2) is 46.4 Å². The van der Waals surface area contributed by atoms with Crippen LogP contribution in [0.1, 0.15) is 0 Å². The Morgan fingerprint density at radius 1 is 1.18 bits per heavy atom. The maximum Gasteiger partial charge on any atom is 0.317 e. The molecule has 11 heavy (non-hydrogen) atoms. The van der Waals surface area contributed by atoms with E-state index in [0.717, 1.165) is 0 Å². The SMILES string of the molecule is O=C(O)CN(CP)CC(=O)O. The van der Waals surface area contributed by atoms with E-state index in [4.69, 9.17) is 10.2 Å². The smallest absolute Gasteiger partial charge is 0.317 e. The second-order valence-electron chi connectivity index (χ2n) is 1.96. The maximum absolute atomic E-state index is 10.1. The normalized spacial score (nSPS) is 10.0. The zero-order valence-corrected chi connectivity index (χ0v) is 7.01. The van der Waals surface area contributed by atoms with Gasteiger partial charge in [-0.05, 0) is 0 Å². The molecule has 0 aromatic heterocycles. The van der Waals surface area contributed by atoms with Gasteiger partial charge in [0.15, 0.2) is 0 Å². The molecule has 0 fully saturated rings. The summed E-state index contributed by atoms with van der Waals surface area (Å²) < 4.78 is 0. The van der Waals surface area contributed by atoms with Crippen molar-refractivity contribution in [1.82, 2.24) is 4.90 Å². The van der Waals surface area contributed by atoms with E-state index in [1.165, 1.54) is 4.90 Å². The lowest BCUT2D eigenvalue weighted by Gasteiger charge is -2.13. The van der Waals surface area contributed by atoms with E-state index < -0.39 is 11.9 Å². The third kappa shape index (κ3) is 5.76. The van der Waals surface area contributed by atoms with E-state index in [-0.39, 0.29) is 13.1 Å². The fourth-order valence-corrected chi connectivity index (χ4v) is 0.826. The number of carbonyl (C=O) groups is 2. The number of aliphatic carboxylic acids is 2. The van der Waals surface area contributed by atoms with Gasteiger partial charge < -0.3 is 10.2 Å². The molecule has 0 radical (unpaired) electrons. The Morgan fingerprint density at radius 3 is 1.73 bits per heavy atom. The fraction of sp³-hybridized carbons (Fsp3) is 0.600. The molecule has 0 bridgehead atoms. The number of rotatable bonds is 5. The van der Waals surface area contributed by atoms with Crippen molar-refractivity contribution in [3.8, 4) is 0 Å². The van der Waals surface area contributed by atoms with Crippen LogP contribution >= 0.6 is 9.24 Å². The third-order valence-corrected chi connectivity index (χ3v) is 1.49. The van der Waals surface area contributed by atoms with Crippen molar-refractivity contribution < 1.29 is 19.8 Å². The minimum absolute atomic E-state index is 0.240. The first kappa shape index (κ1) is 10.3. The monoisotopic (exact) mass is 179 g/mol. The van der Waals surface area contributed by atoms with Crippen LogP contribution in [0.5, 0.6) is 0 Å². The predicted molar refractivity (Wildman–Crippen MR) is 41.4 cm³/mol. The minimum Gasteiger partial charge on any atom is -0.480 e. The summed E-state index contributed by atoms with van der Waals surface area (Å²) in [6.07, 6.45) is 0.346. The van der Waals surface area contributed by atoms with Crippen LogP contribution in [0.25, 0.3) is 0 Å². The summed E-state index contributed by atoms with van der Waals surface area (Å²) in [6.45, 7) is -0.481. The summed E-state index contributed by atoms with van der Waals surface area (Å²) >= 11 is 0. The van der Waals surface area contributed by atoms with Gasteiger partial charge >= 0.3 is 11.9 Å². The lowest BCUT2D eigenvalue weighted by molar-refractivity contribution is -0.141. The van der Waals surface area contributed by atoms with E-state index in [0.29, 0.717) is 6.29 Å². The first-order valence-corrected chi connectivity index (χ1v) is 3.74. The predicted octanol–water partition coefficient (Wildman–Crippen LogP) is -0.710. The third-order valence-electron chi connectivity index (χ3n) is 0.976. The van der Waals surface area contributed by atoms with Crippen molar-refractivity contribution in [3.05, 3.63) is 0 Å². The van der Waals surface area contributed by atoms with Gasteiger partial charge in [-0.25, -0.2) is 0 Å². The number of nitrogens with zero attached hydrogens (tertiary/aromatic N) is 1. The van der Waals surface area contributed by atoms with Crippen LogP contribution < -0.4 is 0 Å². The number of carboxylic acid groups (broad SMARTS) is 2. The van der Waals surface area contributed by atoms with Gasteiger partial charge in [0.2, 0.25) is 0 Å². The molecule has 1 unspecified atom stereocenters. The van der Waals surface area contributed by atoms with Crippen LogP contribution in [0, 0.1) is 0 Å². The lowest BCUT2D eigenvalue weighted by atomic mass is 10.5. The van der Waals surface area contributed by atoms with Crippen LogP contribution in [0.4, 0.5) is 0 Å². The van der Waals surface area contributed by atoms with Crippen molar-refractivity contribution in [1.29, 1.82) is 0 Å². The quantitative estimate of drug-likeness (QED) is 0.545. The second kappa shape index (κ2) is 5.04. The number of hydrogen-bond acceptors (Lipinski definition) is 3. The minimum atomic E-state index is -1.02. The van der Waals surface area contributed by atoms with Gasteiger partial charge in [-0.15, -0.1) is 9.24 Å². The molecule has 0 heterocycles. The van der Waals surface area contributed by atoms with Crippen molar-refractivity contribution in [2.75, 3.05) is 19.4 Å². The molecule has 0 aromatic rings. The van der Waals surface area contributed by atoms with Crippen molar-refractivity contribution in [2.45, 2.75) is 0 Å². The van der Waals surface area contributed by atoms with E-state index in [1.807, 2.05) is 0 Å². The highest BCUT2D eigenvalue weighted by atomic mass is 31.0. The van der Waals surface area contributed by atoms with Crippen LogP contribution in [0.3, 0.4) is 0 Å². The largest absolute Gasteiger partial charge is 0.480 e. The Bertz CT molecular complexity index is 145. The maximum atomic E-state index is 10.1. The Hall–Kier alpha value is -0.670. The highest BCUT2D eigenvalue weighted by Crippen LogP contribution is 1.92. The number of carboxylic acids is 2. The van der Waals surface area contributed by atoms with Gasteiger partial charge in [-0.2, -0.15) is 0 Å². The molecule has 2 N–H and O–H groups in total. The molecule has 0 amide bonds. The molecule has 0 aromatic carbocycles. The molecule has 0 saturated heterocycles. The number of hydrogen-bond donors (Lipinski definition) is 2. The fourth-order valence-electron chi connectivity index (χ4n) is 0.568. The van der Waals surface area contributed by atoms with E-state index in [9.17, 15) is 9.59 Å². The van der Waals surface area contributed by atoms with E-state index in [2.05, 4.69) is 9.24 Å². The summed E-state index contributed by atoms with van der Waals surface area (Å²) in [5, 5.41) is 16.6. The standard InChI is InChI=1S/C5H10NO4P/c7-4(8)1-6(3-11)2-5(9)10/h1-3,11H2,(H,7,8)(H,9,10). The summed E-state index contributed by atoms with van der Waals surface area (Å²) in [6, 6.07) is 0. The molecule has 0 saturated carbocycles. The molecule has 1 atom stereocenters. The first-order valence-electron chi connectivity index (χ1n) is 2.92. The molecule has 5 nitrogen and oxygen atoms in total. The van der Waals surface area contributed by atoms with Gasteiger partial charge in [0.05, 0.1) is 13.1 Å². The van der Waals surface area contributed by atoms with Crippen molar-refractivity contribution in [3.63, 3.8) is 0 Å².